The van der Waals surface area contributed by atoms with E-state index in [1.807, 2.05) is 45.0 Å². The summed E-state index contributed by atoms with van der Waals surface area (Å²) in [5, 5.41) is 6.08. The van der Waals surface area contributed by atoms with Crippen LogP contribution < -0.4 is 10.6 Å². The Balaban J connectivity index is 2.00. The van der Waals surface area contributed by atoms with Crippen LogP contribution in [-0.4, -0.2) is 30.9 Å². The van der Waals surface area contributed by atoms with E-state index in [9.17, 15) is 4.79 Å². The summed E-state index contributed by atoms with van der Waals surface area (Å²) in [6.45, 7) is 6.90. The van der Waals surface area contributed by atoms with E-state index in [0.717, 1.165) is 5.69 Å². The van der Waals surface area contributed by atoms with Crippen LogP contribution >= 0.6 is 0 Å². The smallest absolute Gasteiger partial charge is 0.412 e. The SMILES string of the molecule is CC(C)(C)OC(=O)Nc1ccccc1NC1COC1. The number of hydrogen-bond donors (Lipinski definition) is 2. The third kappa shape index (κ3) is 4.13. The van der Waals surface area contributed by atoms with Crippen molar-refractivity contribution in [1.82, 2.24) is 0 Å². The van der Waals surface area contributed by atoms with Crippen LogP contribution in [-0.2, 0) is 9.47 Å². The second kappa shape index (κ2) is 5.48. The maximum atomic E-state index is 11.8. The van der Waals surface area contributed by atoms with Crippen molar-refractivity contribution in [3.05, 3.63) is 24.3 Å². The van der Waals surface area contributed by atoms with Gasteiger partial charge in [0.2, 0.25) is 0 Å². The topological polar surface area (TPSA) is 59.6 Å². The molecule has 1 aliphatic heterocycles. The largest absolute Gasteiger partial charge is 0.444 e. The van der Waals surface area contributed by atoms with Crippen molar-refractivity contribution in [3.63, 3.8) is 0 Å². The van der Waals surface area contributed by atoms with Crippen molar-refractivity contribution < 1.29 is 14.3 Å². The Morgan fingerprint density at radius 1 is 1.26 bits per heavy atom. The fraction of sp³-hybridized carbons (Fsp3) is 0.500. The highest BCUT2D eigenvalue weighted by Gasteiger charge is 2.20. The van der Waals surface area contributed by atoms with Gasteiger partial charge in [-0.2, -0.15) is 0 Å². The van der Waals surface area contributed by atoms with Crippen LogP contribution in [0, 0.1) is 0 Å². The van der Waals surface area contributed by atoms with Crippen molar-refractivity contribution in [3.8, 4) is 0 Å². The Morgan fingerprint density at radius 3 is 2.42 bits per heavy atom. The van der Waals surface area contributed by atoms with Crippen LogP contribution in [0.5, 0.6) is 0 Å². The zero-order valence-corrected chi connectivity index (χ0v) is 11.5. The molecule has 0 aliphatic carbocycles. The maximum absolute atomic E-state index is 11.8. The summed E-state index contributed by atoms with van der Waals surface area (Å²) in [6.07, 6.45) is -0.452. The van der Waals surface area contributed by atoms with Gasteiger partial charge in [-0.15, -0.1) is 0 Å². The van der Waals surface area contributed by atoms with Gasteiger partial charge in [-0.3, -0.25) is 5.32 Å². The zero-order chi connectivity index (χ0) is 13.9. The standard InChI is InChI=1S/C14H20N2O3/c1-14(2,3)19-13(17)16-12-7-5-4-6-11(12)15-10-8-18-9-10/h4-7,10,15H,8-9H2,1-3H3,(H,16,17). The molecular weight excluding hydrogens is 244 g/mol. The molecule has 1 fully saturated rings. The van der Waals surface area contributed by atoms with E-state index < -0.39 is 11.7 Å². The van der Waals surface area contributed by atoms with E-state index >= 15 is 0 Å². The van der Waals surface area contributed by atoms with E-state index in [4.69, 9.17) is 9.47 Å². The minimum atomic E-state index is -0.506. The summed E-state index contributed by atoms with van der Waals surface area (Å²) in [5.41, 5.74) is 1.08. The molecule has 0 spiro atoms. The van der Waals surface area contributed by atoms with E-state index in [2.05, 4.69) is 10.6 Å². The van der Waals surface area contributed by atoms with Gasteiger partial charge in [-0.25, -0.2) is 4.79 Å². The van der Waals surface area contributed by atoms with Crippen LogP contribution in [0.25, 0.3) is 0 Å². The van der Waals surface area contributed by atoms with Crippen molar-refractivity contribution in [2.24, 2.45) is 0 Å². The first kappa shape index (κ1) is 13.7. The molecule has 5 heteroatoms. The van der Waals surface area contributed by atoms with E-state index in [1.165, 1.54) is 0 Å². The Kier molecular flexibility index (Phi) is 3.95. The summed E-state index contributed by atoms with van der Waals surface area (Å²) in [4.78, 5) is 11.8. The lowest BCUT2D eigenvalue weighted by molar-refractivity contribution is 0.0211. The molecule has 2 rings (SSSR count). The molecule has 1 saturated heterocycles. The third-order valence-electron chi connectivity index (χ3n) is 2.56. The monoisotopic (exact) mass is 264 g/mol. The number of carbonyl (C=O) groups is 1. The summed E-state index contributed by atoms with van der Waals surface area (Å²) in [7, 11) is 0. The quantitative estimate of drug-likeness (QED) is 0.881. The summed E-state index contributed by atoms with van der Waals surface area (Å²) in [5.74, 6) is 0. The molecule has 0 unspecified atom stereocenters. The van der Waals surface area contributed by atoms with Gasteiger partial charge in [0.05, 0.1) is 30.6 Å². The first-order valence-electron chi connectivity index (χ1n) is 6.37. The summed E-state index contributed by atoms with van der Waals surface area (Å²) in [6, 6.07) is 7.86. The van der Waals surface area contributed by atoms with E-state index in [-0.39, 0.29) is 0 Å². The summed E-state index contributed by atoms with van der Waals surface area (Å²) < 4.78 is 10.4. The molecule has 5 nitrogen and oxygen atoms in total. The Morgan fingerprint density at radius 2 is 1.89 bits per heavy atom. The molecule has 1 heterocycles. The number of rotatable bonds is 3. The number of ether oxygens (including phenoxy) is 2. The highest BCUT2D eigenvalue weighted by atomic mass is 16.6. The number of hydrogen-bond acceptors (Lipinski definition) is 4. The lowest BCUT2D eigenvalue weighted by atomic mass is 10.2. The average Bonchev–Trinajstić information content (AvgIpc) is 2.22. The number of carbonyl (C=O) groups excluding carboxylic acids is 1. The van der Waals surface area contributed by atoms with Crippen molar-refractivity contribution in [2.45, 2.75) is 32.4 Å². The molecule has 1 aliphatic rings. The molecule has 19 heavy (non-hydrogen) atoms. The Labute approximate surface area is 113 Å². The molecule has 0 saturated carbocycles. The molecule has 0 atom stereocenters. The van der Waals surface area contributed by atoms with E-state index in [0.29, 0.717) is 24.9 Å². The fourth-order valence-electron chi connectivity index (χ4n) is 1.67. The van der Waals surface area contributed by atoms with Crippen LogP contribution in [0.3, 0.4) is 0 Å². The van der Waals surface area contributed by atoms with Crippen LogP contribution in [0.15, 0.2) is 24.3 Å². The fourth-order valence-corrected chi connectivity index (χ4v) is 1.67. The lowest BCUT2D eigenvalue weighted by Crippen LogP contribution is -2.40. The molecule has 104 valence electrons. The number of anilines is 2. The Hall–Kier alpha value is -1.75. The number of para-hydroxylation sites is 2. The van der Waals surface area contributed by atoms with Crippen molar-refractivity contribution in [1.29, 1.82) is 0 Å². The van der Waals surface area contributed by atoms with Gasteiger partial charge in [0.25, 0.3) is 0 Å². The number of amides is 1. The first-order chi connectivity index (χ1) is 8.94. The van der Waals surface area contributed by atoms with Crippen molar-refractivity contribution >= 4 is 17.5 Å². The predicted molar refractivity (Wildman–Crippen MR) is 74.5 cm³/mol. The predicted octanol–water partition coefficient (Wildman–Crippen LogP) is 2.84. The van der Waals surface area contributed by atoms with Crippen molar-refractivity contribution in [2.75, 3.05) is 23.8 Å². The van der Waals surface area contributed by atoms with Crippen LogP contribution in [0.4, 0.5) is 16.2 Å². The third-order valence-corrected chi connectivity index (χ3v) is 2.56. The minimum Gasteiger partial charge on any atom is -0.444 e. The van der Waals surface area contributed by atoms with Gasteiger partial charge >= 0.3 is 6.09 Å². The molecule has 1 amide bonds. The Bertz CT molecular complexity index is 450. The molecule has 1 aromatic rings. The van der Waals surface area contributed by atoms with Gasteiger partial charge in [-0.05, 0) is 32.9 Å². The van der Waals surface area contributed by atoms with E-state index in [1.54, 1.807) is 0 Å². The number of benzene rings is 1. The minimum absolute atomic E-state index is 0.307. The molecule has 0 bridgehead atoms. The van der Waals surface area contributed by atoms with Gasteiger partial charge in [0.1, 0.15) is 5.60 Å². The second-order valence-corrected chi connectivity index (χ2v) is 5.55. The molecule has 0 radical (unpaired) electrons. The van der Waals surface area contributed by atoms with Crippen LogP contribution in [0.2, 0.25) is 0 Å². The highest BCUT2D eigenvalue weighted by molar-refractivity contribution is 5.89. The second-order valence-electron chi connectivity index (χ2n) is 5.55. The van der Waals surface area contributed by atoms with Gasteiger partial charge < -0.3 is 14.8 Å². The molecule has 2 N–H and O–H groups in total. The van der Waals surface area contributed by atoms with Crippen LogP contribution in [0.1, 0.15) is 20.8 Å². The zero-order valence-electron chi connectivity index (χ0n) is 11.5. The average molecular weight is 264 g/mol. The molecular formula is C14H20N2O3. The lowest BCUT2D eigenvalue weighted by Gasteiger charge is -2.29. The first-order valence-corrected chi connectivity index (χ1v) is 6.37. The number of nitrogens with one attached hydrogen (secondary N) is 2. The van der Waals surface area contributed by atoms with Gasteiger partial charge in [0.15, 0.2) is 0 Å². The highest BCUT2D eigenvalue weighted by Crippen LogP contribution is 2.24. The maximum Gasteiger partial charge on any atom is 0.412 e. The summed E-state index contributed by atoms with van der Waals surface area (Å²) >= 11 is 0. The molecule has 0 aromatic heterocycles. The van der Waals surface area contributed by atoms with Gasteiger partial charge in [-0.1, -0.05) is 12.1 Å². The molecule has 1 aromatic carbocycles. The van der Waals surface area contributed by atoms with Gasteiger partial charge in [0, 0.05) is 0 Å². The normalized spacial score (nSPS) is 15.5.